The Labute approximate surface area is 132 Å². The molecular formula is C18H22ClNO. The standard InChI is InChI=1S/C18H22ClNO/c1-13(2)11-20-12-15-7-8-18(17(19)10-15)21-16-6-4-5-14(3)9-16/h4-10,13,20H,11-12H2,1-3H3. The lowest BCUT2D eigenvalue weighted by Crippen LogP contribution is -2.18. The monoisotopic (exact) mass is 303 g/mol. The van der Waals surface area contributed by atoms with Crippen molar-refractivity contribution in [3.63, 3.8) is 0 Å². The third-order valence-corrected chi connectivity index (χ3v) is 3.39. The molecule has 0 bridgehead atoms. The molecule has 112 valence electrons. The molecule has 1 N–H and O–H groups in total. The average Bonchev–Trinajstić information content (AvgIpc) is 2.41. The topological polar surface area (TPSA) is 21.3 Å². The number of aryl methyl sites for hydroxylation is 1. The van der Waals surface area contributed by atoms with Crippen LogP contribution in [-0.2, 0) is 6.54 Å². The summed E-state index contributed by atoms with van der Waals surface area (Å²) in [4.78, 5) is 0. The maximum atomic E-state index is 6.31. The SMILES string of the molecule is Cc1cccc(Oc2ccc(CNCC(C)C)cc2Cl)c1. The zero-order chi connectivity index (χ0) is 15.2. The Morgan fingerprint density at radius 3 is 2.62 bits per heavy atom. The van der Waals surface area contributed by atoms with Crippen molar-refractivity contribution in [2.45, 2.75) is 27.3 Å². The fraction of sp³-hybridized carbons (Fsp3) is 0.333. The summed E-state index contributed by atoms with van der Waals surface area (Å²) < 4.78 is 5.84. The van der Waals surface area contributed by atoms with Crippen molar-refractivity contribution in [1.29, 1.82) is 0 Å². The van der Waals surface area contributed by atoms with Crippen LogP contribution in [0, 0.1) is 12.8 Å². The molecule has 0 saturated carbocycles. The minimum absolute atomic E-state index is 0.639. The van der Waals surface area contributed by atoms with Crippen LogP contribution in [0.15, 0.2) is 42.5 Å². The van der Waals surface area contributed by atoms with Crippen molar-refractivity contribution in [2.24, 2.45) is 5.92 Å². The van der Waals surface area contributed by atoms with Crippen LogP contribution in [0.1, 0.15) is 25.0 Å². The molecule has 3 heteroatoms. The number of benzene rings is 2. The van der Waals surface area contributed by atoms with Crippen molar-refractivity contribution in [2.75, 3.05) is 6.54 Å². The number of hydrogen-bond donors (Lipinski definition) is 1. The van der Waals surface area contributed by atoms with Crippen molar-refractivity contribution >= 4 is 11.6 Å². The normalized spacial score (nSPS) is 10.9. The summed E-state index contributed by atoms with van der Waals surface area (Å²) >= 11 is 6.31. The second-order valence-corrected chi connectivity index (χ2v) is 6.12. The van der Waals surface area contributed by atoms with Gasteiger partial charge in [0.2, 0.25) is 0 Å². The third kappa shape index (κ3) is 5.07. The summed E-state index contributed by atoms with van der Waals surface area (Å²) in [5.41, 5.74) is 2.33. The zero-order valence-electron chi connectivity index (χ0n) is 12.8. The molecule has 0 heterocycles. The number of ether oxygens (including phenoxy) is 1. The predicted molar refractivity (Wildman–Crippen MR) is 89.2 cm³/mol. The highest BCUT2D eigenvalue weighted by Crippen LogP contribution is 2.30. The molecule has 2 nitrogen and oxygen atoms in total. The summed E-state index contributed by atoms with van der Waals surface area (Å²) in [5.74, 6) is 2.14. The van der Waals surface area contributed by atoms with E-state index in [2.05, 4.69) is 19.2 Å². The Kier molecular flexibility index (Phi) is 5.66. The quantitative estimate of drug-likeness (QED) is 0.793. The van der Waals surface area contributed by atoms with Crippen molar-refractivity contribution in [3.05, 3.63) is 58.6 Å². The summed E-state index contributed by atoms with van der Waals surface area (Å²) in [6.45, 7) is 8.25. The third-order valence-electron chi connectivity index (χ3n) is 3.10. The van der Waals surface area contributed by atoms with Gasteiger partial charge in [0, 0.05) is 6.54 Å². The minimum Gasteiger partial charge on any atom is -0.456 e. The van der Waals surface area contributed by atoms with Crippen LogP contribution in [0.5, 0.6) is 11.5 Å². The largest absolute Gasteiger partial charge is 0.456 e. The van der Waals surface area contributed by atoms with Crippen LogP contribution < -0.4 is 10.1 Å². The average molecular weight is 304 g/mol. The van der Waals surface area contributed by atoms with E-state index in [0.717, 1.165) is 30.0 Å². The van der Waals surface area contributed by atoms with E-state index in [4.69, 9.17) is 16.3 Å². The Hall–Kier alpha value is -1.51. The Morgan fingerprint density at radius 1 is 1.14 bits per heavy atom. The first-order chi connectivity index (χ1) is 10.0. The highest BCUT2D eigenvalue weighted by molar-refractivity contribution is 6.32. The highest BCUT2D eigenvalue weighted by atomic mass is 35.5. The van der Waals surface area contributed by atoms with E-state index in [0.29, 0.717) is 16.7 Å². The lowest BCUT2D eigenvalue weighted by Gasteiger charge is -2.11. The van der Waals surface area contributed by atoms with Gasteiger partial charge in [-0.3, -0.25) is 0 Å². The highest BCUT2D eigenvalue weighted by Gasteiger charge is 2.05. The maximum Gasteiger partial charge on any atom is 0.146 e. The van der Waals surface area contributed by atoms with E-state index in [1.54, 1.807) is 0 Å². The molecule has 2 rings (SSSR count). The van der Waals surface area contributed by atoms with Crippen LogP contribution >= 0.6 is 11.6 Å². The molecule has 0 fully saturated rings. The van der Waals surface area contributed by atoms with E-state index in [1.807, 2.05) is 49.4 Å². The van der Waals surface area contributed by atoms with Gasteiger partial charge in [0.15, 0.2) is 0 Å². The predicted octanol–water partition coefficient (Wildman–Crippen LogP) is 5.19. The van der Waals surface area contributed by atoms with E-state index in [1.165, 1.54) is 0 Å². The van der Waals surface area contributed by atoms with Gasteiger partial charge in [-0.2, -0.15) is 0 Å². The molecule has 0 amide bonds. The first-order valence-electron chi connectivity index (χ1n) is 7.28. The Morgan fingerprint density at radius 2 is 1.95 bits per heavy atom. The lowest BCUT2D eigenvalue weighted by atomic mass is 10.2. The number of halogens is 1. The number of rotatable bonds is 6. The lowest BCUT2D eigenvalue weighted by molar-refractivity contribution is 0.482. The van der Waals surface area contributed by atoms with Gasteiger partial charge in [0.05, 0.1) is 5.02 Å². The molecule has 2 aromatic carbocycles. The number of nitrogens with one attached hydrogen (secondary N) is 1. The van der Waals surface area contributed by atoms with Crippen molar-refractivity contribution in [1.82, 2.24) is 5.32 Å². The zero-order valence-corrected chi connectivity index (χ0v) is 13.6. The van der Waals surface area contributed by atoms with E-state index >= 15 is 0 Å². The summed E-state index contributed by atoms with van der Waals surface area (Å²) in [6, 6.07) is 13.9. The van der Waals surface area contributed by atoms with E-state index in [-0.39, 0.29) is 0 Å². The van der Waals surface area contributed by atoms with Gasteiger partial charge in [-0.05, 0) is 54.8 Å². The smallest absolute Gasteiger partial charge is 0.146 e. The molecule has 0 saturated heterocycles. The fourth-order valence-electron chi connectivity index (χ4n) is 2.05. The molecule has 0 aromatic heterocycles. The first kappa shape index (κ1) is 15.9. The Bertz CT molecular complexity index is 596. The molecule has 0 unspecified atom stereocenters. The first-order valence-corrected chi connectivity index (χ1v) is 7.66. The van der Waals surface area contributed by atoms with Crippen LogP contribution in [0.4, 0.5) is 0 Å². The number of hydrogen-bond acceptors (Lipinski definition) is 2. The molecule has 0 aliphatic carbocycles. The maximum absolute atomic E-state index is 6.31. The second-order valence-electron chi connectivity index (χ2n) is 5.71. The molecule has 0 radical (unpaired) electrons. The molecular weight excluding hydrogens is 282 g/mol. The minimum atomic E-state index is 0.639. The van der Waals surface area contributed by atoms with Gasteiger partial charge in [0.1, 0.15) is 11.5 Å². The van der Waals surface area contributed by atoms with Crippen LogP contribution in [0.3, 0.4) is 0 Å². The van der Waals surface area contributed by atoms with Gasteiger partial charge in [-0.15, -0.1) is 0 Å². The van der Waals surface area contributed by atoms with Crippen LogP contribution in [0.2, 0.25) is 5.02 Å². The van der Waals surface area contributed by atoms with Gasteiger partial charge in [0.25, 0.3) is 0 Å². The van der Waals surface area contributed by atoms with E-state index in [9.17, 15) is 0 Å². The molecule has 0 spiro atoms. The summed E-state index contributed by atoms with van der Waals surface area (Å²) in [7, 11) is 0. The van der Waals surface area contributed by atoms with Gasteiger partial charge in [-0.25, -0.2) is 0 Å². The van der Waals surface area contributed by atoms with Gasteiger partial charge >= 0.3 is 0 Å². The molecule has 0 aliphatic rings. The van der Waals surface area contributed by atoms with Crippen LogP contribution in [-0.4, -0.2) is 6.54 Å². The van der Waals surface area contributed by atoms with Gasteiger partial charge in [-0.1, -0.05) is 43.6 Å². The summed E-state index contributed by atoms with van der Waals surface area (Å²) in [5, 5.41) is 4.04. The second kappa shape index (κ2) is 7.48. The molecule has 21 heavy (non-hydrogen) atoms. The molecule has 2 aromatic rings. The van der Waals surface area contributed by atoms with Crippen LogP contribution in [0.25, 0.3) is 0 Å². The fourth-order valence-corrected chi connectivity index (χ4v) is 2.29. The Balaban J connectivity index is 2.02. The summed E-state index contributed by atoms with van der Waals surface area (Å²) in [6.07, 6.45) is 0. The van der Waals surface area contributed by atoms with Gasteiger partial charge < -0.3 is 10.1 Å². The van der Waals surface area contributed by atoms with Crippen molar-refractivity contribution < 1.29 is 4.74 Å². The molecule has 0 aliphatic heterocycles. The molecule has 0 atom stereocenters. The van der Waals surface area contributed by atoms with E-state index < -0.39 is 0 Å². The van der Waals surface area contributed by atoms with Crippen molar-refractivity contribution in [3.8, 4) is 11.5 Å².